The first-order valence-corrected chi connectivity index (χ1v) is 11.9. The second kappa shape index (κ2) is 9.92. The normalized spacial score (nSPS) is 16.0. The Bertz CT molecular complexity index is 972. The minimum absolute atomic E-state index is 0.0928. The molecule has 0 atom stereocenters. The molecule has 30 heavy (non-hydrogen) atoms. The Labute approximate surface area is 183 Å². The van der Waals surface area contributed by atoms with Gasteiger partial charge >= 0.3 is 0 Å². The van der Waals surface area contributed by atoms with Crippen LogP contribution in [0.1, 0.15) is 30.7 Å². The first-order chi connectivity index (χ1) is 14.3. The molecule has 1 fully saturated rings. The van der Waals surface area contributed by atoms with Crippen molar-refractivity contribution in [1.82, 2.24) is 9.21 Å². The van der Waals surface area contributed by atoms with Crippen LogP contribution in [0.15, 0.2) is 53.4 Å². The second-order valence-corrected chi connectivity index (χ2v) is 10.3. The van der Waals surface area contributed by atoms with Crippen LogP contribution in [-0.2, 0) is 14.8 Å². The van der Waals surface area contributed by atoms with Crippen LogP contribution in [0.25, 0.3) is 0 Å². The van der Waals surface area contributed by atoms with Crippen LogP contribution in [-0.4, -0.2) is 57.3 Å². The molecule has 162 valence electrons. The Morgan fingerprint density at radius 2 is 1.80 bits per heavy atom. The number of nitrogens with one attached hydrogen (secondary N) is 1. The van der Waals surface area contributed by atoms with Crippen LogP contribution in [0, 0.1) is 0 Å². The highest BCUT2D eigenvalue weighted by atomic mass is 35.5. The van der Waals surface area contributed by atoms with Gasteiger partial charge in [0.2, 0.25) is 15.9 Å². The molecule has 0 aromatic heterocycles. The van der Waals surface area contributed by atoms with E-state index in [1.807, 2.05) is 6.07 Å². The summed E-state index contributed by atoms with van der Waals surface area (Å²) in [7, 11) is -0.671. The second-order valence-electron chi connectivity index (χ2n) is 7.75. The molecule has 2 aromatic carbocycles. The third-order valence-corrected chi connectivity index (χ3v) is 7.64. The van der Waals surface area contributed by atoms with Crippen LogP contribution < -0.4 is 5.32 Å². The number of carbonyl (C=O) groups is 1. The van der Waals surface area contributed by atoms with Crippen molar-refractivity contribution in [3.05, 3.63) is 59.1 Å². The van der Waals surface area contributed by atoms with Crippen LogP contribution >= 0.6 is 11.6 Å². The summed E-state index contributed by atoms with van der Waals surface area (Å²) in [4.78, 5) is 14.8. The third kappa shape index (κ3) is 5.60. The van der Waals surface area contributed by atoms with E-state index in [1.165, 1.54) is 37.9 Å². The van der Waals surface area contributed by atoms with Gasteiger partial charge in [0.05, 0.1) is 15.6 Å². The predicted molar refractivity (Wildman–Crippen MR) is 120 cm³/mol. The van der Waals surface area contributed by atoms with Gasteiger partial charge in [-0.3, -0.25) is 4.79 Å². The summed E-state index contributed by atoms with van der Waals surface area (Å²) in [6, 6.07) is 14.9. The lowest BCUT2D eigenvalue weighted by atomic mass is 9.89. The molecule has 0 aliphatic carbocycles. The van der Waals surface area contributed by atoms with Gasteiger partial charge in [-0.2, -0.15) is 0 Å². The van der Waals surface area contributed by atoms with Crippen LogP contribution in [0.5, 0.6) is 0 Å². The van der Waals surface area contributed by atoms with Gasteiger partial charge < -0.3 is 10.2 Å². The average molecular weight is 450 g/mol. The van der Waals surface area contributed by atoms with E-state index < -0.39 is 10.0 Å². The standard InChI is InChI=1S/C22H28ClN3O3S/c1-25(2)30(28,29)19-8-9-20(23)21(16-19)24-22(27)12-15-26-13-10-18(11-14-26)17-6-4-3-5-7-17/h3-9,16,18H,10-15H2,1-2H3,(H,24,27). The lowest BCUT2D eigenvalue weighted by Crippen LogP contribution is -2.35. The van der Waals surface area contributed by atoms with Crippen LogP contribution in [0.4, 0.5) is 5.69 Å². The van der Waals surface area contributed by atoms with Gasteiger partial charge in [-0.05, 0) is 55.6 Å². The van der Waals surface area contributed by atoms with Crippen molar-refractivity contribution < 1.29 is 13.2 Å². The Hall–Kier alpha value is -1.93. The number of amides is 1. The van der Waals surface area contributed by atoms with Gasteiger partial charge in [-0.1, -0.05) is 41.9 Å². The minimum atomic E-state index is -3.59. The summed E-state index contributed by atoms with van der Waals surface area (Å²) in [6.45, 7) is 2.59. The SMILES string of the molecule is CN(C)S(=O)(=O)c1ccc(Cl)c(NC(=O)CCN2CCC(c3ccccc3)CC2)c1. The smallest absolute Gasteiger partial charge is 0.242 e. The molecule has 0 bridgehead atoms. The zero-order chi connectivity index (χ0) is 21.7. The zero-order valence-corrected chi connectivity index (χ0v) is 18.9. The number of piperidine rings is 1. The van der Waals surface area contributed by atoms with Gasteiger partial charge in [0, 0.05) is 27.1 Å². The fourth-order valence-electron chi connectivity index (χ4n) is 3.66. The number of carbonyl (C=O) groups excluding carboxylic acids is 1. The molecule has 1 saturated heterocycles. The van der Waals surface area contributed by atoms with E-state index in [0.717, 1.165) is 30.2 Å². The van der Waals surface area contributed by atoms with Crippen molar-refractivity contribution in [2.75, 3.05) is 39.0 Å². The predicted octanol–water partition coefficient (Wildman–Crippen LogP) is 3.80. The molecular formula is C22H28ClN3O3S. The number of hydrogen-bond donors (Lipinski definition) is 1. The Morgan fingerprint density at radius 1 is 1.13 bits per heavy atom. The molecule has 1 amide bonds. The third-order valence-electron chi connectivity index (χ3n) is 5.50. The van der Waals surface area contributed by atoms with E-state index in [0.29, 0.717) is 29.6 Å². The first kappa shape index (κ1) is 22.7. The lowest BCUT2D eigenvalue weighted by molar-refractivity contribution is -0.116. The van der Waals surface area contributed by atoms with Crippen molar-refractivity contribution >= 4 is 33.2 Å². The van der Waals surface area contributed by atoms with Crippen LogP contribution in [0.2, 0.25) is 5.02 Å². The lowest BCUT2D eigenvalue weighted by Gasteiger charge is -2.32. The van der Waals surface area contributed by atoms with E-state index in [9.17, 15) is 13.2 Å². The summed E-state index contributed by atoms with van der Waals surface area (Å²) in [6.07, 6.45) is 2.50. The summed E-state index contributed by atoms with van der Waals surface area (Å²) in [5.41, 5.74) is 1.70. The topological polar surface area (TPSA) is 69.7 Å². The fraction of sp³-hybridized carbons (Fsp3) is 0.409. The highest BCUT2D eigenvalue weighted by Crippen LogP contribution is 2.28. The van der Waals surface area contributed by atoms with Crippen molar-refractivity contribution in [3.8, 4) is 0 Å². The largest absolute Gasteiger partial charge is 0.325 e. The Balaban J connectivity index is 1.52. The number of nitrogens with zero attached hydrogens (tertiary/aromatic N) is 2. The molecule has 0 radical (unpaired) electrons. The molecule has 1 aliphatic heterocycles. The molecule has 0 unspecified atom stereocenters. The van der Waals surface area contributed by atoms with E-state index in [4.69, 9.17) is 11.6 Å². The zero-order valence-electron chi connectivity index (χ0n) is 17.3. The summed E-state index contributed by atoms with van der Waals surface area (Å²) in [5.74, 6) is 0.401. The molecule has 0 spiro atoms. The summed E-state index contributed by atoms with van der Waals surface area (Å²) < 4.78 is 25.7. The van der Waals surface area contributed by atoms with Crippen LogP contribution in [0.3, 0.4) is 0 Å². The Morgan fingerprint density at radius 3 is 2.43 bits per heavy atom. The molecule has 1 aliphatic rings. The minimum Gasteiger partial charge on any atom is -0.325 e. The molecule has 0 saturated carbocycles. The monoisotopic (exact) mass is 449 g/mol. The molecule has 1 heterocycles. The quantitative estimate of drug-likeness (QED) is 0.698. The van der Waals surface area contributed by atoms with E-state index >= 15 is 0 Å². The van der Waals surface area contributed by atoms with E-state index in [-0.39, 0.29) is 10.8 Å². The highest BCUT2D eigenvalue weighted by Gasteiger charge is 2.22. The van der Waals surface area contributed by atoms with Crippen molar-refractivity contribution in [1.29, 1.82) is 0 Å². The maximum absolute atomic E-state index is 12.4. The van der Waals surface area contributed by atoms with Gasteiger partial charge in [-0.25, -0.2) is 12.7 Å². The molecule has 2 aromatic rings. The van der Waals surface area contributed by atoms with Gasteiger partial charge in [0.1, 0.15) is 0 Å². The maximum atomic E-state index is 12.4. The molecule has 6 nitrogen and oxygen atoms in total. The molecule has 3 rings (SSSR count). The molecule has 1 N–H and O–H groups in total. The van der Waals surface area contributed by atoms with Crippen molar-refractivity contribution in [2.45, 2.75) is 30.1 Å². The first-order valence-electron chi connectivity index (χ1n) is 10.1. The molecular weight excluding hydrogens is 422 g/mol. The number of halogens is 1. The number of likely N-dealkylation sites (tertiary alicyclic amines) is 1. The van der Waals surface area contributed by atoms with Crippen molar-refractivity contribution in [3.63, 3.8) is 0 Å². The van der Waals surface area contributed by atoms with E-state index in [1.54, 1.807) is 0 Å². The average Bonchev–Trinajstić information content (AvgIpc) is 2.74. The van der Waals surface area contributed by atoms with Crippen molar-refractivity contribution in [2.24, 2.45) is 0 Å². The maximum Gasteiger partial charge on any atom is 0.242 e. The van der Waals surface area contributed by atoms with E-state index in [2.05, 4.69) is 34.5 Å². The van der Waals surface area contributed by atoms with Gasteiger partial charge in [-0.15, -0.1) is 0 Å². The highest BCUT2D eigenvalue weighted by molar-refractivity contribution is 7.89. The van der Waals surface area contributed by atoms with Gasteiger partial charge in [0.15, 0.2) is 0 Å². The summed E-state index contributed by atoms with van der Waals surface area (Å²) in [5, 5.41) is 3.07. The number of benzene rings is 2. The molecule has 8 heteroatoms. The number of sulfonamides is 1. The number of rotatable bonds is 7. The number of anilines is 1. The Kier molecular flexibility index (Phi) is 7.52. The fourth-order valence-corrected chi connectivity index (χ4v) is 4.75. The van der Waals surface area contributed by atoms with Gasteiger partial charge in [0.25, 0.3) is 0 Å². The summed E-state index contributed by atoms with van der Waals surface area (Å²) >= 11 is 6.16. The number of hydrogen-bond acceptors (Lipinski definition) is 4.